The zero-order chi connectivity index (χ0) is 22.7. The molecule has 0 radical (unpaired) electrons. The van der Waals surface area contributed by atoms with E-state index in [-0.39, 0.29) is 6.61 Å². The standard InChI is InChI=1S/C22H18ClN5O3S/c1-30-22(29)12-4-5-14(26-10-12)11-31-18-8-13(20-16(23)3-2-6-25-20)7-15-17(9-19(24)32)27-28-21(15)18/h2-8,10H,9,11H2,1H3,(H2,24,32)(H,27,28). The lowest BCUT2D eigenvalue weighted by Crippen LogP contribution is -2.11. The Kier molecular flexibility index (Phi) is 6.29. The number of carbonyl (C=O) groups is 1. The normalized spacial score (nSPS) is 10.8. The number of H-pyrrole nitrogens is 1. The Morgan fingerprint density at radius 3 is 2.78 bits per heavy atom. The number of aromatic nitrogens is 4. The summed E-state index contributed by atoms with van der Waals surface area (Å²) < 4.78 is 10.7. The van der Waals surface area contributed by atoms with Crippen molar-refractivity contribution >= 4 is 45.7 Å². The van der Waals surface area contributed by atoms with E-state index in [9.17, 15) is 4.79 Å². The molecule has 0 bridgehead atoms. The van der Waals surface area contributed by atoms with Crippen LogP contribution in [0.25, 0.3) is 22.2 Å². The Labute approximate surface area is 193 Å². The lowest BCUT2D eigenvalue weighted by molar-refractivity contribution is 0.0600. The number of pyridine rings is 2. The highest BCUT2D eigenvalue weighted by Gasteiger charge is 2.16. The van der Waals surface area contributed by atoms with Crippen molar-refractivity contribution < 1.29 is 14.3 Å². The maximum Gasteiger partial charge on any atom is 0.339 e. The van der Waals surface area contributed by atoms with E-state index in [0.717, 1.165) is 16.6 Å². The van der Waals surface area contributed by atoms with Crippen molar-refractivity contribution in [2.24, 2.45) is 5.73 Å². The number of hydrogen-bond acceptors (Lipinski definition) is 7. The van der Waals surface area contributed by atoms with Crippen molar-refractivity contribution in [2.45, 2.75) is 13.0 Å². The molecule has 0 saturated carbocycles. The number of thiocarbonyl (C=S) groups is 1. The highest BCUT2D eigenvalue weighted by molar-refractivity contribution is 7.80. The van der Waals surface area contributed by atoms with Crippen LogP contribution in [0.5, 0.6) is 5.75 Å². The lowest BCUT2D eigenvalue weighted by atomic mass is 10.1. The lowest BCUT2D eigenvalue weighted by Gasteiger charge is -2.10. The molecule has 8 nitrogen and oxygen atoms in total. The molecule has 0 fully saturated rings. The number of nitrogens with zero attached hydrogens (tertiary/aromatic N) is 3. The van der Waals surface area contributed by atoms with Gasteiger partial charge in [0.1, 0.15) is 17.9 Å². The molecule has 3 N–H and O–H groups in total. The monoisotopic (exact) mass is 467 g/mol. The van der Waals surface area contributed by atoms with Gasteiger partial charge >= 0.3 is 5.97 Å². The van der Waals surface area contributed by atoms with Gasteiger partial charge in [-0.15, -0.1) is 0 Å². The molecule has 3 heterocycles. The summed E-state index contributed by atoms with van der Waals surface area (Å²) in [6, 6.07) is 10.6. The van der Waals surface area contributed by atoms with Crippen LogP contribution in [-0.4, -0.2) is 38.2 Å². The molecular formula is C22H18ClN5O3S. The number of nitrogens with one attached hydrogen (secondary N) is 1. The first-order valence-corrected chi connectivity index (χ1v) is 10.3. The summed E-state index contributed by atoms with van der Waals surface area (Å²) in [5.74, 6) is 0.0667. The fourth-order valence-electron chi connectivity index (χ4n) is 3.19. The fraction of sp³-hybridized carbons (Fsp3) is 0.136. The van der Waals surface area contributed by atoms with Gasteiger partial charge in [0.05, 0.1) is 34.1 Å². The van der Waals surface area contributed by atoms with Crippen LogP contribution in [0.4, 0.5) is 0 Å². The van der Waals surface area contributed by atoms with Crippen LogP contribution in [0.1, 0.15) is 21.7 Å². The van der Waals surface area contributed by atoms with Crippen LogP contribution >= 0.6 is 23.8 Å². The minimum atomic E-state index is -0.450. The van der Waals surface area contributed by atoms with Gasteiger partial charge in [0.25, 0.3) is 0 Å². The third-order valence-electron chi connectivity index (χ3n) is 4.71. The van der Waals surface area contributed by atoms with E-state index in [1.807, 2.05) is 12.1 Å². The fourth-order valence-corrected chi connectivity index (χ4v) is 3.57. The smallest absolute Gasteiger partial charge is 0.339 e. The van der Waals surface area contributed by atoms with Gasteiger partial charge < -0.3 is 15.2 Å². The van der Waals surface area contributed by atoms with E-state index >= 15 is 0 Å². The predicted molar refractivity (Wildman–Crippen MR) is 125 cm³/mol. The topological polar surface area (TPSA) is 116 Å². The van der Waals surface area contributed by atoms with Gasteiger partial charge in [0, 0.05) is 35.5 Å². The molecule has 162 valence electrons. The van der Waals surface area contributed by atoms with Gasteiger partial charge in [0.2, 0.25) is 0 Å². The molecule has 3 aromatic heterocycles. The van der Waals surface area contributed by atoms with Gasteiger partial charge in [-0.2, -0.15) is 5.10 Å². The molecule has 10 heteroatoms. The first-order chi connectivity index (χ1) is 15.5. The predicted octanol–water partition coefficient (Wildman–Crippen LogP) is 3.87. The van der Waals surface area contributed by atoms with Crippen molar-refractivity contribution in [2.75, 3.05) is 7.11 Å². The summed E-state index contributed by atoms with van der Waals surface area (Å²) in [5, 5.41) is 8.69. The molecular weight excluding hydrogens is 450 g/mol. The molecule has 32 heavy (non-hydrogen) atoms. The zero-order valence-corrected chi connectivity index (χ0v) is 18.5. The number of fused-ring (bicyclic) bond motifs is 1. The van der Waals surface area contributed by atoms with E-state index in [0.29, 0.717) is 44.6 Å². The summed E-state index contributed by atoms with van der Waals surface area (Å²) in [4.78, 5) is 20.6. The number of carbonyl (C=O) groups excluding carboxylic acids is 1. The minimum absolute atomic E-state index is 0.160. The van der Waals surface area contributed by atoms with Crippen molar-refractivity contribution in [3.8, 4) is 17.0 Å². The van der Waals surface area contributed by atoms with Gasteiger partial charge in [-0.3, -0.25) is 15.1 Å². The number of nitrogens with two attached hydrogens (primary N) is 1. The van der Waals surface area contributed by atoms with Crippen LogP contribution in [0.3, 0.4) is 0 Å². The van der Waals surface area contributed by atoms with E-state index in [4.69, 9.17) is 39.0 Å². The molecule has 0 amide bonds. The third-order valence-corrected chi connectivity index (χ3v) is 5.16. The van der Waals surface area contributed by atoms with Crippen LogP contribution < -0.4 is 10.5 Å². The molecule has 4 aromatic rings. The van der Waals surface area contributed by atoms with Gasteiger partial charge in [0.15, 0.2) is 0 Å². The summed E-state index contributed by atoms with van der Waals surface area (Å²) in [5.41, 5.74) is 9.50. The quantitative estimate of drug-likeness (QED) is 0.311. The minimum Gasteiger partial charge on any atom is -0.485 e. The van der Waals surface area contributed by atoms with Crippen molar-refractivity contribution in [1.82, 2.24) is 20.2 Å². The largest absolute Gasteiger partial charge is 0.485 e. The number of benzene rings is 1. The van der Waals surface area contributed by atoms with Crippen LogP contribution in [0.2, 0.25) is 5.02 Å². The second-order valence-corrected chi connectivity index (χ2v) is 7.80. The van der Waals surface area contributed by atoms with Gasteiger partial charge in [-0.25, -0.2) is 4.79 Å². The maximum absolute atomic E-state index is 11.6. The second-order valence-electron chi connectivity index (χ2n) is 6.87. The first kappa shape index (κ1) is 21.7. The molecule has 0 aliphatic rings. The molecule has 0 aliphatic heterocycles. The molecule has 1 aromatic carbocycles. The average Bonchev–Trinajstić information content (AvgIpc) is 3.19. The van der Waals surface area contributed by atoms with Gasteiger partial charge in [-0.1, -0.05) is 23.8 Å². The highest BCUT2D eigenvalue weighted by atomic mass is 35.5. The Bertz CT molecular complexity index is 1310. The van der Waals surface area contributed by atoms with E-state index < -0.39 is 5.97 Å². The number of rotatable bonds is 7. The van der Waals surface area contributed by atoms with Crippen molar-refractivity contribution in [3.63, 3.8) is 0 Å². The van der Waals surface area contributed by atoms with Crippen molar-refractivity contribution in [3.05, 3.63) is 70.8 Å². The highest BCUT2D eigenvalue weighted by Crippen LogP contribution is 2.35. The zero-order valence-electron chi connectivity index (χ0n) is 17.0. The SMILES string of the molecule is COC(=O)c1ccc(COc2cc(-c3ncccc3Cl)cc3c(CC(N)=S)[nH]nc23)nc1. The summed E-state index contributed by atoms with van der Waals surface area (Å²) in [6.45, 7) is 0.160. The van der Waals surface area contributed by atoms with Crippen LogP contribution in [0, 0.1) is 0 Å². The summed E-state index contributed by atoms with van der Waals surface area (Å²) >= 11 is 11.4. The molecule has 0 aliphatic carbocycles. The summed E-state index contributed by atoms with van der Waals surface area (Å²) in [6.07, 6.45) is 3.48. The second kappa shape index (κ2) is 9.29. The average molecular weight is 468 g/mol. The number of ether oxygens (including phenoxy) is 2. The maximum atomic E-state index is 11.6. The Hall–Kier alpha value is -3.56. The first-order valence-electron chi connectivity index (χ1n) is 9.52. The Balaban J connectivity index is 1.71. The van der Waals surface area contributed by atoms with Crippen molar-refractivity contribution in [1.29, 1.82) is 0 Å². The molecule has 4 rings (SSSR count). The third kappa shape index (κ3) is 4.53. The Morgan fingerprint density at radius 2 is 2.09 bits per heavy atom. The number of aromatic amines is 1. The van der Waals surface area contributed by atoms with E-state index in [1.165, 1.54) is 13.3 Å². The molecule has 0 spiro atoms. The number of methoxy groups -OCH3 is 1. The molecule has 0 unspecified atom stereocenters. The van der Waals surface area contributed by atoms with E-state index in [1.54, 1.807) is 30.5 Å². The van der Waals surface area contributed by atoms with E-state index in [2.05, 4.69) is 20.2 Å². The van der Waals surface area contributed by atoms with Gasteiger partial charge in [-0.05, 0) is 36.4 Å². The Morgan fingerprint density at radius 1 is 1.25 bits per heavy atom. The number of hydrogen-bond donors (Lipinski definition) is 2. The number of halogens is 1. The van der Waals surface area contributed by atoms with Crippen LogP contribution in [-0.2, 0) is 17.8 Å². The summed E-state index contributed by atoms with van der Waals surface area (Å²) in [7, 11) is 1.32. The van der Waals surface area contributed by atoms with Crippen LogP contribution in [0.15, 0.2) is 48.8 Å². The molecule has 0 saturated heterocycles. The number of esters is 1. The molecule has 0 atom stereocenters.